The minimum atomic E-state index is 0.498. The highest BCUT2D eigenvalue weighted by Crippen LogP contribution is 2.35. The number of benzene rings is 2. The van der Waals surface area contributed by atoms with Crippen LogP contribution in [0.25, 0.3) is 0 Å². The van der Waals surface area contributed by atoms with Crippen LogP contribution in [0.2, 0.25) is 0 Å². The Balaban J connectivity index is 2.19. The van der Waals surface area contributed by atoms with E-state index in [9.17, 15) is 0 Å². The fourth-order valence-electron chi connectivity index (χ4n) is 2.13. The molecule has 0 spiro atoms. The molecule has 0 aromatic heterocycles. The normalized spacial score (nSPS) is 12.2. The number of hydrogen-bond acceptors (Lipinski definition) is 3. The Labute approximate surface area is 125 Å². The second-order valence-corrected chi connectivity index (χ2v) is 5.92. The first-order chi connectivity index (χ1) is 9.74. The van der Waals surface area contributed by atoms with Crippen LogP contribution < -0.4 is 10.5 Å². The van der Waals surface area contributed by atoms with Crippen molar-refractivity contribution in [3.05, 3.63) is 54.1 Å². The van der Waals surface area contributed by atoms with Crippen molar-refractivity contribution in [2.45, 2.75) is 29.1 Å². The molecular formula is C17H21NOS. The zero-order valence-corrected chi connectivity index (χ0v) is 12.8. The van der Waals surface area contributed by atoms with Crippen molar-refractivity contribution in [1.82, 2.24) is 0 Å². The highest BCUT2D eigenvalue weighted by molar-refractivity contribution is 7.99. The Morgan fingerprint density at radius 1 is 1.15 bits per heavy atom. The maximum atomic E-state index is 5.64. The summed E-state index contributed by atoms with van der Waals surface area (Å²) in [6.45, 7) is 2.95. The summed E-state index contributed by atoms with van der Waals surface area (Å²) in [5.74, 6) is 1.41. The zero-order valence-electron chi connectivity index (χ0n) is 12.0. The summed E-state index contributed by atoms with van der Waals surface area (Å²) in [4.78, 5) is 2.37. The van der Waals surface area contributed by atoms with Crippen LogP contribution in [0.4, 0.5) is 0 Å². The Bertz CT molecular complexity index is 556. The van der Waals surface area contributed by atoms with Gasteiger partial charge in [-0.25, -0.2) is 0 Å². The third-order valence-corrected chi connectivity index (χ3v) is 4.37. The average molecular weight is 287 g/mol. The van der Waals surface area contributed by atoms with Gasteiger partial charge >= 0.3 is 0 Å². The quantitative estimate of drug-likeness (QED) is 0.860. The molecular weight excluding hydrogens is 266 g/mol. The Kier molecular flexibility index (Phi) is 5.50. The highest BCUT2D eigenvalue weighted by Gasteiger charge is 2.08. The molecule has 2 rings (SSSR count). The SMILES string of the molecule is COc1ccccc1Sc1cccc(C(C)CCN)c1. The molecule has 3 heteroatoms. The van der Waals surface area contributed by atoms with E-state index >= 15 is 0 Å². The number of hydrogen-bond donors (Lipinski definition) is 1. The molecule has 0 aliphatic heterocycles. The first-order valence-corrected chi connectivity index (χ1v) is 7.67. The molecule has 2 aromatic carbocycles. The topological polar surface area (TPSA) is 35.2 Å². The molecule has 0 fully saturated rings. The van der Waals surface area contributed by atoms with Crippen molar-refractivity contribution in [2.75, 3.05) is 13.7 Å². The van der Waals surface area contributed by atoms with Crippen LogP contribution in [0.15, 0.2) is 58.3 Å². The summed E-state index contributed by atoms with van der Waals surface area (Å²) in [7, 11) is 1.71. The first-order valence-electron chi connectivity index (χ1n) is 6.85. The van der Waals surface area contributed by atoms with Gasteiger partial charge in [-0.15, -0.1) is 0 Å². The lowest BCUT2D eigenvalue weighted by molar-refractivity contribution is 0.405. The van der Waals surface area contributed by atoms with Crippen LogP contribution >= 0.6 is 11.8 Å². The van der Waals surface area contributed by atoms with Crippen LogP contribution in [-0.2, 0) is 0 Å². The van der Waals surface area contributed by atoms with Crippen LogP contribution in [0.3, 0.4) is 0 Å². The molecule has 0 aliphatic carbocycles. The van der Waals surface area contributed by atoms with E-state index in [1.807, 2.05) is 18.2 Å². The molecule has 2 aromatic rings. The van der Waals surface area contributed by atoms with Crippen molar-refractivity contribution < 1.29 is 4.74 Å². The molecule has 2 nitrogen and oxygen atoms in total. The van der Waals surface area contributed by atoms with Gasteiger partial charge in [-0.3, -0.25) is 0 Å². The van der Waals surface area contributed by atoms with Gasteiger partial charge in [-0.1, -0.05) is 43.0 Å². The van der Waals surface area contributed by atoms with Crippen molar-refractivity contribution in [3.8, 4) is 5.75 Å². The van der Waals surface area contributed by atoms with E-state index in [-0.39, 0.29) is 0 Å². The van der Waals surface area contributed by atoms with Gasteiger partial charge in [-0.2, -0.15) is 0 Å². The van der Waals surface area contributed by atoms with Gasteiger partial charge < -0.3 is 10.5 Å². The monoisotopic (exact) mass is 287 g/mol. The average Bonchev–Trinajstić information content (AvgIpc) is 2.48. The lowest BCUT2D eigenvalue weighted by Gasteiger charge is -2.12. The molecule has 106 valence electrons. The van der Waals surface area contributed by atoms with Crippen LogP contribution in [0, 0.1) is 0 Å². The summed E-state index contributed by atoms with van der Waals surface area (Å²) >= 11 is 1.73. The highest BCUT2D eigenvalue weighted by atomic mass is 32.2. The minimum absolute atomic E-state index is 0.498. The number of rotatable bonds is 6. The maximum absolute atomic E-state index is 5.64. The predicted octanol–water partition coefficient (Wildman–Crippen LogP) is 4.30. The van der Waals surface area contributed by atoms with E-state index in [4.69, 9.17) is 10.5 Å². The van der Waals surface area contributed by atoms with Crippen molar-refractivity contribution in [2.24, 2.45) is 5.73 Å². The third-order valence-electron chi connectivity index (χ3n) is 3.32. The molecule has 1 atom stereocenters. The summed E-state index contributed by atoms with van der Waals surface area (Å²) in [5.41, 5.74) is 6.99. The smallest absolute Gasteiger partial charge is 0.132 e. The number of nitrogens with two attached hydrogens (primary N) is 1. The molecule has 20 heavy (non-hydrogen) atoms. The Hall–Kier alpha value is -1.45. The van der Waals surface area contributed by atoms with Gasteiger partial charge in [0, 0.05) is 4.90 Å². The van der Waals surface area contributed by atoms with Gasteiger partial charge in [0.25, 0.3) is 0 Å². The molecule has 0 saturated carbocycles. The summed E-state index contributed by atoms with van der Waals surface area (Å²) in [6.07, 6.45) is 1.02. The lowest BCUT2D eigenvalue weighted by atomic mass is 9.98. The summed E-state index contributed by atoms with van der Waals surface area (Å²) in [6, 6.07) is 16.8. The van der Waals surface area contributed by atoms with E-state index in [0.717, 1.165) is 23.6 Å². The minimum Gasteiger partial charge on any atom is -0.496 e. The molecule has 0 saturated heterocycles. The van der Waals surface area contributed by atoms with Crippen LogP contribution in [0.1, 0.15) is 24.8 Å². The predicted molar refractivity (Wildman–Crippen MR) is 85.6 cm³/mol. The molecule has 1 unspecified atom stereocenters. The van der Waals surface area contributed by atoms with Gasteiger partial charge in [0.2, 0.25) is 0 Å². The van der Waals surface area contributed by atoms with E-state index in [1.165, 1.54) is 10.5 Å². The second-order valence-electron chi connectivity index (χ2n) is 4.80. The fourth-order valence-corrected chi connectivity index (χ4v) is 3.13. The lowest BCUT2D eigenvalue weighted by Crippen LogP contribution is -2.04. The maximum Gasteiger partial charge on any atom is 0.132 e. The number of ether oxygens (including phenoxy) is 1. The molecule has 0 bridgehead atoms. The van der Waals surface area contributed by atoms with E-state index in [2.05, 4.69) is 37.3 Å². The standard InChI is InChI=1S/C17H21NOS/c1-13(10-11-18)14-6-5-7-15(12-14)20-17-9-4-3-8-16(17)19-2/h3-9,12-13H,10-11,18H2,1-2H3. The van der Waals surface area contributed by atoms with Crippen molar-refractivity contribution >= 4 is 11.8 Å². The largest absolute Gasteiger partial charge is 0.496 e. The molecule has 0 aliphatic rings. The molecule has 2 N–H and O–H groups in total. The first kappa shape index (κ1) is 14.9. The van der Waals surface area contributed by atoms with Crippen molar-refractivity contribution in [3.63, 3.8) is 0 Å². The van der Waals surface area contributed by atoms with Crippen LogP contribution in [-0.4, -0.2) is 13.7 Å². The Morgan fingerprint density at radius 3 is 2.70 bits per heavy atom. The molecule has 0 heterocycles. The summed E-state index contributed by atoms with van der Waals surface area (Å²) < 4.78 is 5.40. The van der Waals surface area contributed by atoms with Gasteiger partial charge in [0.15, 0.2) is 0 Å². The molecule has 0 amide bonds. The van der Waals surface area contributed by atoms with Crippen LogP contribution in [0.5, 0.6) is 5.75 Å². The number of methoxy groups -OCH3 is 1. The third kappa shape index (κ3) is 3.78. The van der Waals surface area contributed by atoms with E-state index in [0.29, 0.717) is 5.92 Å². The molecule has 0 radical (unpaired) electrons. The number of para-hydroxylation sites is 1. The van der Waals surface area contributed by atoms with E-state index < -0.39 is 0 Å². The van der Waals surface area contributed by atoms with Gasteiger partial charge in [0.1, 0.15) is 5.75 Å². The van der Waals surface area contributed by atoms with Crippen molar-refractivity contribution in [1.29, 1.82) is 0 Å². The second kappa shape index (κ2) is 7.36. The summed E-state index contributed by atoms with van der Waals surface area (Å²) in [5, 5.41) is 0. The van der Waals surface area contributed by atoms with Gasteiger partial charge in [0.05, 0.1) is 12.0 Å². The van der Waals surface area contributed by atoms with Gasteiger partial charge in [-0.05, 0) is 48.7 Å². The fraction of sp³-hybridized carbons (Fsp3) is 0.294. The Morgan fingerprint density at radius 2 is 1.95 bits per heavy atom. The van der Waals surface area contributed by atoms with E-state index in [1.54, 1.807) is 18.9 Å². The zero-order chi connectivity index (χ0) is 14.4.